The monoisotopic (exact) mass is 187 g/mol. The van der Waals surface area contributed by atoms with Crippen molar-refractivity contribution in [1.82, 2.24) is 5.32 Å². The third kappa shape index (κ3) is 1.94. The van der Waals surface area contributed by atoms with E-state index >= 15 is 0 Å². The Morgan fingerprint density at radius 2 is 2.42 bits per heavy atom. The van der Waals surface area contributed by atoms with Crippen LogP contribution in [-0.4, -0.2) is 18.0 Å². The molecule has 1 aliphatic rings. The van der Waals surface area contributed by atoms with Gasteiger partial charge in [0.1, 0.15) is 4.91 Å². The van der Waals surface area contributed by atoms with Gasteiger partial charge in [-0.1, -0.05) is 11.8 Å². The molecule has 3 nitrogen and oxygen atoms in total. The molecule has 0 amide bonds. The molecular weight excluding hydrogens is 174 g/mol. The minimum Gasteiger partial charge on any atom is -0.462 e. The Labute approximate surface area is 76.5 Å². The highest BCUT2D eigenvalue weighted by atomic mass is 32.2. The highest BCUT2D eigenvalue weighted by Gasteiger charge is 2.24. The molecule has 1 atom stereocenters. The molecule has 1 heterocycles. The molecule has 1 rings (SSSR count). The smallest absolute Gasteiger partial charge is 0.346 e. The van der Waals surface area contributed by atoms with Gasteiger partial charge in [-0.15, -0.1) is 0 Å². The van der Waals surface area contributed by atoms with Gasteiger partial charge in [-0.25, -0.2) is 4.79 Å². The molecular formula is C8H13NO2S. The van der Waals surface area contributed by atoms with E-state index in [9.17, 15) is 4.79 Å². The third-order valence-electron chi connectivity index (χ3n) is 1.52. The van der Waals surface area contributed by atoms with Crippen molar-refractivity contribution in [2.75, 3.05) is 6.61 Å². The molecule has 68 valence electrons. The predicted molar refractivity (Wildman–Crippen MR) is 49.5 cm³/mol. The van der Waals surface area contributed by atoms with Gasteiger partial charge in [-0.2, -0.15) is 0 Å². The summed E-state index contributed by atoms with van der Waals surface area (Å²) in [6, 6.07) is 0. The van der Waals surface area contributed by atoms with Gasteiger partial charge in [0, 0.05) is 5.70 Å². The van der Waals surface area contributed by atoms with Crippen LogP contribution in [0, 0.1) is 0 Å². The van der Waals surface area contributed by atoms with Crippen molar-refractivity contribution in [2.45, 2.75) is 26.1 Å². The summed E-state index contributed by atoms with van der Waals surface area (Å²) in [5, 5.41) is 3.43. The first-order chi connectivity index (χ1) is 5.65. The topological polar surface area (TPSA) is 38.3 Å². The SMILES string of the molecule is CCOC(=O)C1=C(C)NC(C)S1. The molecule has 0 aromatic rings. The Morgan fingerprint density at radius 3 is 2.83 bits per heavy atom. The molecule has 0 aliphatic carbocycles. The molecule has 1 aliphatic heterocycles. The fourth-order valence-electron chi connectivity index (χ4n) is 1.06. The van der Waals surface area contributed by atoms with Crippen LogP contribution in [0.4, 0.5) is 0 Å². The second-order valence-electron chi connectivity index (χ2n) is 2.58. The number of carbonyl (C=O) groups is 1. The van der Waals surface area contributed by atoms with E-state index in [1.807, 2.05) is 20.8 Å². The zero-order valence-electron chi connectivity index (χ0n) is 7.51. The second-order valence-corrected chi connectivity index (χ2v) is 3.93. The van der Waals surface area contributed by atoms with E-state index in [1.165, 1.54) is 11.8 Å². The molecule has 0 spiro atoms. The first-order valence-corrected chi connectivity index (χ1v) is 4.84. The van der Waals surface area contributed by atoms with E-state index in [1.54, 1.807) is 0 Å². The van der Waals surface area contributed by atoms with Gasteiger partial charge in [0.05, 0.1) is 12.0 Å². The molecule has 0 saturated carbocycles. The number of nitrogens with one attached hydrogen (secondary N) is 1. The van der Waals surface area contributed by atoms with Crippen LogP contribution in [0.1, 0.15) is 20.8 Å². The van der Waals surface area contributed by atoms with Crippen LogP contribution in [0.15, 0.2) is 10.6 Å². The van der Waals surface area contributed by atoms with Crippen LogP contribution >= 0.6 is 11.8 Å². The van der Waals surface area contributed by atoms with Crippen LogP contribution in [0.5, 0.6) is 0 Å². The summed E-state index contributed by atoms with van der Waals surface area (Å²) in [7, 11) is 0. The van der Waals surface area contributed by atoms with Gasteiger partial charge in [0.2, 0.25) is 0 Å². The first kappa shape index (κ1) is 9.45. The summed E-state index contributed by atoms with van der Waals surface area (Å²) in [5.41, 5.74) is 0.922. The van der Waals surface area contributed by atoms with Crippen molar-refractivity contribution < 1.29 is 9.53 Å². The highest BCUT2D eigenvalue weighted by molar-refractivity contribution is 8.04. The molecule has 12 heavy (non-hydrogen) atoms. The summed E-state index contributed by atoms with van der Waals surface area (Å²) in [6.07, 6.45) is 0. The molecule has 0 aromatic carbocycles. The molecule has 0 radical (unpaired) electrons. The fraction of sp³-hybridized carbons (Fsp3) is 0.625. The molecule has 0 bridgehead atoms. The van der Waals surface area contributed by atoms with Gasteiger partial charge in [-0.05, 0) is 20.8 Å². The lowest BCUT2D eigenvalue weighted by Gasteiger charge is -2.01. The van der Waals surface area contributed by atoms with E-state index in [-0.39, 0.29) is 11.3 Å². The lowest BCUT2D eigenvalue weighted by molar-refractivity contribution is -0.137. The zero-order chi connectivity index (χ0) is 9.14. The second kappa shape index (κ2) is 3.85. The Balaban J connectivity index is 2.62. The van der Waals surface area contributed by atoms with Crippen LogP contribution in [0.2, 0.25) is 0 Å². The maximum atomic E-state index is 11.3. The van der Waals surface area contributed by atoms with E-state index in [2.05, 4.69) is 5.32 Å². The largest absolute Gasteiger partial charge is 0.462 e. The molecule has 4 heteroatoms. The standard InChI is InChI=1S/C8H13NO2S/c1-4-11-8(10)7-5(2)9-6(3)12-7/h6,9H,4H2,1-3H3. The maximum absolute atomic E-state index is 11.3. The highest BCUT2D eigenvalue weighted by Crippen LogP contribution is 2.30. The number of esters is 1. The van der Waals surface area contributed by atoms with Gasteiger partial charge in [0.25, 0.3) is 0 Å². The van der Waals surface area contributed by atoms with Gasteiger partial charge < -0.3 is 10.1 Å². The molecule has 1 unspecified atom stereocenters. The predicted octanol–water partition coefficient (Wildman–Crippen LogP) is 1.46. The lowest BCUT2D eigenvalue weighted by Crippen LogP contribution is -2.14. The number of thioether (sulfide) groups is 1. The van der Waals surface area contributed by atoms with E-state index < -0.39 is 0 Å². The average Bonchev–Trinajstić information content (AvgIpc) is 2.30. The van der Waals surface area contributed by atoms with Crippen LogP contribution in [0.25, 0.3) is 0 Å². The summed E-state index contributed by atoms with van der Waals surface area (Å²) in [5.74, 6) is -0.211. The normalized spacial score (nSPS) is 22.4. The molecule has 0 saturated heterocycles. The quantitative estimate of drug-likeness (QED) is 0.664. The number of ether oxygens (including phenoxy) is 1. The van der Waals surface area contributed by atoms with Crippen molar-refractivity contribution in [3.63, 3.8) is 0 Å². The van der Waals surface area contributed by atoms with Crippen LogP contribution in [-0.2, 0) is 9.53 Å². The van der Waals surface area contributed by atoms with E-state index in [0.29, 0.717) is 11.5 Å². The molecule has 1 N–H and O–H groups in total. The Hall–Kier alpha value is -0.640. The Kier molecular flexibility index (Phi) is 3.03. The number of hydrogen-bond donors (Lipinski definition) is 1. The van der Waals surface area contributed by atoms with Crippen LogP contribution < -0.4 is 5.32 Å². The minimum atomic E-state index is -0.211. The summed E-state index contributed by atoms with van der Waals surface area (Å²) in [4.78, 5) is 12.0. The van der Waals surface area contributed by atoms with Crippen LogP contribution in [0.3, 0.4) is 0 Å². The Bertz CT molecular complexity index is 225. The van der Waals surface area contributed by atoms with E-state index in [4.69, 9.17) is 4.74 Å². The van der Waals surface area contributed by atoms with Crippen molar-refractivity contribution in [2.24, 2.45) is 0 Å². The van der Waals surface area contributed by atoms with Crippen molar-refractivity contribution in [3.8, 4) is 0 Å². The Morgan fingerprint density at radius 1 is 1.75 bits per heavy atom. The number of hydrogen-bond acceptors (Lipinski definition) is 4. The summed E-state index contributed by atoms with van der Waals surface area (Å²) >= 11 is 1.52. The number of rotatable bonds is 2. The summed E-state index contributed by atoms with van der Waals surface area (Å²) in [6.45, 7) is 6.15. The minimum absolute atomic E-state index is 0.211. The maximum Gasteiger partial charge on any atom is 0.346 e. The number of carbonyl (C=O) groups excluding carboxylic acids is 1. The first-order valence-electron chi connectivity index (χ1n) is 3.96. The van der Waals surface area contributed by atoms with Gasteiger partial charge in [0.15, 0.2) is 0 Å². The van der Waals surface area contributed by atoms with Gasteiger partial charge in [-0.3, -0.25) is 0 Å². The van der Waals surface area contributed by atoms with Gasteiger partial charge >= 0.3 is 5.97 Å². The van der Waals surface area contributed by atoms with E-state index in [0.717, 1.165) is 5.70 Å². The lowest BCUT2D eigenvalue weighted by atomic mass is 10.4. The van der Waals surface area contributed by atoms with Crippen molar-refractivity contribution >= 4 is 17.7 Å². The van der Waals surface area contributed by atoms with Crippen molar-refractivity contribution in [1.29, 1.82) is 0 Å². The fourth-order valence-corrected chi connectivity index (χ4v) is 2.04. The summed E-state index contributed by atoms with van der Waals surface area (Å²) < 4.78 is 4.89. The molecule has 0 fully saturated rings. The average molecular weight is 187 g/mol. The number of allylic oxidation sites excluding steroid dienone is 1. The zero-order valence-corrected chi connectivity index (χ0v) is 8.33. The molecule has 0 aromatic heterocycles. The third-order valence-corrected chi connectivity index (χ3v) is 2.70. The van der Waals surface area contributed by atoms with Crippen molar-refractivity contribution in [3.05, 3.63) is 10.6 Å².